The molecule has 1 N–H and O–H groups in total. The number of phenolic OH excluding ortho intramolecular Hbond substituents is 1. The maximum atomic E-state index is 13.7. The number of benzene rings is 2. The highest BCUT2D eigenvalue weighted by Crippen LogP contribution is 2.47. The van der Waals surface area contributed by atoms with Gasteiger partial charge in [0.25, 0.3) is 0 Å². The number of hydrogen-bond acceptors (Lipinski definition) is 8. The number of carbonyl (C=O) groups excluding carboxylic acids is 2. The van der Waals surface area contributed by atoms with Crippen molar-refractivity contribution in [1.29, 1.82) is 0 Å². The predicted octanol–water partition coefficient (Wildman–Crippen LogP) is 5.28. The molecular formula is C29H33NO6S. The largest absolute Gasteiger partial charge is 0.508 e. The number of phenols is 1. The molecular weight excluding hydrogens is 490 g/mol. The predicted molar refractivity (Wildman–Crippen MR) is 145 cm³/mol. The fourth-order valence-corrected chi connectivity index (χ4v) is 5.67. The van der Waals surface area contributed by atoms with Gasteiger partial charge in [-0.2, -0.15) is 11.8 Å². The van der Waals surface area contributed by atoms with Gasteiger partial charge in [0, 0.05) is 35.1 Å². The van der Waals surface area contributed by atoms with E-state index in [1.807, 2.05) is 25.1 Å². The van der Waals surface area contributed by atoms with Crippen molar-refractivity contribution in [3.63, 3.8) is 0 Å². The first-order valence-electron chi connectivity index (χ1n) is 12.4. The lowest BCUT2D eigenvalue weighted by atomic mass is 9.69. The Balaban J connectivity index is 1.70. The van der Waals surface area contributed by atoms with E-state index in [0.717, 1.165) is 22.6 Å². The summed E-state index contributed by atoms with van der Waals surface area (Å²) < 4.78 is 16.5. The van der Waals surface area contributed by atoms with Crippen molar-refractivity contribution in [3.05, 3.63) is 64.9 Å². The summed E-state index contributed by atoms with van der Waals surface area (Å²) in [5.74, 6) is 1.34. The topological polar surface area (TPSA) is 94.4 Å². The van der Waals surface area contributed by atoms with E-state index in [0.29, 0.717) is 47.9 Å². The minimum Gasteiger partial charge on any atom is -0.508 e. The number of nitrogens with zero attached hydrogens (tertiary/aromatic N) is 1. The highest BCUT2D eigenvalue weighted by Gasteiger charge is 2.44. The molecule has 0 radical (unpaired) electrons. The molecule has 8 heteroatoms. The first kappa shape index (κ1) is 26.8. The minimum atomic E-state index is -0.698. The molecule has 2 aromatic carbocycles. The van der Waals surface area contributed by atoms with Crippen molar-refractivity contribution < 1.29 is 28.9 Å². The van der Waals surface area contributed by atoms with E-state index in [1.165, 1.54) is 0 Å². The Morgan fingerprint density at radius 3 is 2.43 bits per heavy atom. The van der Waals surface area contributed by atoms with E-state index in [-0.39, 0.29) is 23.4 Å². The highest BCUT2D eigenvalue weighted by molar-refractivity contribution is 7.99. The summed E-state index contributed by atoms with van der Waals surface area (Å²) in [5, 5.41) is 9.86. The number of thioether (sulfide) groups is 1. The summed E-state index contributed by atoms with van der Waals surface area (Å²) in [4.78, 5) is 31.8. The number of rotatable bonds is 9. The average molecular weight is 524 g/mol. The van der Waals surface area contributed by atoms with E-state index in [1.54, 1.807) is 50.2 Å². The fraction of sp³-hybridized carbons (Fsp3) is 0.414. The van der Waals surface area contributed by atoms with Crippen LogP contribution < -0.4 is 9.47 Å². The molecule has 4 rings (SSSR count). The lowest BCUT2D eigenvalue weighted by Crippen LogP contribution is -2.38. The van der Waals surface area contributed by atoms with Crippen molar-refractivity contribution >= 4 is 29.2 Å². The van der Waals surface area contributed by atoms with Crippen LogP contribution >= 0.6 is 11.8 Å². The summed E-state index contributed by atoms with van der Waals surface area (Å²) in [6, 6.07) is 12.4. The Hall–Kier alpha value is -3.26. The van der Waals surface area contributed by atoms with Gasteiger partial charge in [-0.25, -0.2) is 0 Å². The lowest BCUT2D eigenvalue weighted by molar-refractivity contribution is -0.145. The van der Waals surface area contributed by atoms with Crippen LogP contribution in [0.3, 0.4) is 0 Å². The second kappa shape index (κ2) is 11.9. The normalized spacial score (nSPS) is 21.2. The first-order chi connectivity index (χ1) is 17.9. The Kier molecular flexibility index (Phi) is 8.59. The van der Waals surface area contributed by atoms with Crippen molar-refractivity contribution in [2.24, 2.45) is 10.9 Å². The van der Waals surface area contributed by atoms with Crippen LogP contribution in [-0.4, -0.2) is 54.9 Å². The summed E-state index contributed by atoms with van der Waals surface area (Å²) in [6.45, 7) is 4.20. The Bertz CT molecular complexity index is 1220. The zero-order valence-electron chi connectivity index (χ0n) is 21.7. The zero-order valence-corrected chi connectivity index (χ0v) is 22.5. The maximum absolute atomic E-state index is 13.7. The zero-order chi connectivity index (χ0) is 26.5. The smallest absolute Gasteiger partial charge is 0.315 e. The van der Waals surface area contributed by atoms with Gasteiger partial charge in [-0.3, -0.25) is 14.6 Å². The van der Waals surface area contributed by atoms with Gasteiger partial charge in [0.1, 0.15) is 18.3 Å². The van der Waals surface area contributed by atoms with E-state index < -0.39 is 11.8 Å². The second-order valence-electron chi connectivity index (χ2n) is 9.17. The van der Waals surface area contributed by atoms with Crippen LogP contribution in [0.1, 0.15) is 49.7 Å². The van der Waals surface area contributed by atoms with Gasteiger partial charge in [-0.15, -0.1) is 0 Å². The minimum absolute atomic E-state index is 0.0327. The van der Waals surface area contributed by atoms with E-state index in [9.17, 15) is 14.7 Å². The molecule has 0 aromatic heterocycles. The van der Waals surface area contributed by atoms with Gasteiger partial charge >= 0.3 is 5.97 Å². The van der Waals surface area contributed by atoms with Gasteiger partial charge in [-0.05, 0) is 60.4 Å². The molecule has 2 aromatic rings. The number of esters is 1. The molecule has 3 atom stereocenters. The molecule has 1 aliphatic heterocycles. The number of Topliss-reactive ketones (excluding diaryl/α,β-unsaturated/α-hetero) is 1. The number of aromatic hydroxyl groups is 1. The van der Waals surface area contributed by atoms with Gasteiger partial charge in [0.2, 0.25) is 0 Å². The monoisotopic (exact) mass is 523 g/mol. The molecule has 7 nitrogen and oxygen atoms in total. The maximum Gasteiger partial charge on any atom is 0.315 e. The van der Waals surface area contributed by atoms with Crippen molar-refractivity contribution in [3.8, 4) is 17.2 Å². The molecule has 1 aliphatic carbocycles. The quantitative estimate of drug-likeness (QED) is 0.353. The fourth-order valence-electron chi connectivity index (χ4n) is 5.18. The van der Waals surface area contributed by atoms with Crippen molar-refractivity contribution in [2.45, 2.75) is 38.5 Å². The number of ether oxygens (including phenoxy) is 3. The Morgan fingerprint density at radius 1 is 1.05 bits per heavy atom. The number of aliphatic imine (C=N–C) groups is 1. The number of methoxy groups -OCH3 is 2. The summed E-state index contributed by atoms with van der Waals surface area (Å²) in [7, 11) is 3.18. The van der Waals surface area contributed by atoms with Crippen LogP contribution in [-0.2, 0) is 14.3 Å². The third kappa shape index (κ3) is 5.69. The SMILES string of the molecule is CCSCCOC(=O)C1C(C)=NC2=C(C(=O)C[C@H](c3ccc(OC)c(OC)c3)C2)[C@H]1c1ccc(O)cc1. The van der Waals surface area contributed by atoms with Crippen LogP contribution in [0.25, 0.3) is 0 Å². The standard InChI is InChI=1S/C29H33NO6S/c1-5-37-13-12-36-29(33)26-17(2)30-22-14-20(19-8-11-24(34-3)25(16-19)35-4)15-23(32)28(22)27(26)18-6-9-21(31)10-7-18/h6-11,16,20,26-27,31H,5,12-15H2,1-4H3/t20-,26?,27+/m1/s1. The summed E-state index contributed by atoms with van der Waals surface area (Å²) in [6.07, 6.45) is 0.865. The lowest BCUT2D eigenvalue weighted by Gasteiger charge is -2.36. The molecule has 2 aliphatic rings. The van der Waals surface area contributed by atoms with Gasteiger partial charge < -0.3 is 19.3 Å². The van der Waals surface area contributed by atoms with Crippen LogP contribution in [0.2, 0.25) is 0 Å². The molecule has 1 unspecified atom stereocenters. The molecule has 0 saturated carbocycles. The van der Waals surface area contributed by atoms with Crippen LogP contribution in [0.15, 0.2) is 58.7 Å². The Morgan fingerprint density at radius 2 is 1.76 bits per heavy atom. The molecule has 1 heterocycles. The van der Waals surface area contributed by atoms with Crippen molar-refractivity contribution in [1.82, 2.24) is 0 Å². The van der Waals surface area contributed by atoms with Gasteiger partial charge in [0.05, 0.1) is 14.2 Å². The van der Waals surface area contributed by atoms with Crippen LogP contribution in [0.5, 0.6) is 17.2 Å². The van der Waals surface area contributed by atoms with E-state index >= 15 is 0 Å². The highest BCUT2D eigenvalue weighted by atomic mass is 32.2. The van der Waals surface area contributed by atoms with E-state index in [4.69, 9.17) is 19.2 Å². The molecule has 0 amide bonds. The molecule has 37 heavy (non-hydrogen) atoms. The number of hydrogen-bond donors (Lipinski definition) is 1. The molecule has 196 valence electrons. The molecule has 0 bridgehead atoms. The molecule has 0 saturated heterocycles. The molecule has 0 fully saturated rings. The summed E-state index contributed by atoms with van der Waals surface area (Å²) in [5.41, 5.74) is 3.66. The number of ketones is 1. The van der Waals surface area contributed by atoms with E-state index in [2.05, 4.69) is 6.92 Å². The third-order valence-electron chi connectivity index (χ3n) is 6.95. The van der Waals surface area contributed by atoms with Gasteiger partial charge in [0.15, 0.2) is 17.3 Å². The Labute approximate surface area is 221 Å². The average Bonchev–Trinajstić information content (AvgIpc) is 2.90. The summed E-state index contributed by atoms with van der Waals surface area (Å²) >= 11 is 1.70. The first-order valence-corrected chi connectivity index (χ1v) is 13.6. The third-order valence-corrected chi connectivity index (χ3v) is 7.81. The number of allylic oxidation sites excluding steroid dienone is 2. The second-order valence-corrected chi connectivity index (χ2v) is 10.6. The van der Waals surface area contributed by atoms with Crippen LogP contribution in [0.4, 0.5) is 0 Å². The number of carbonyl (C=O) groups is 2. The van der Waals surface area contributed by atoms with Crippen molar-refractivity contribution in [2.75, 3.05) is 32.3 Å². The van der Waals surface area contributed by atoms with Crippen LogP contribution in [0, 0.1) is 5.92 Å². The van der Waals surface area contributed by atoms with Gasteiger partial charge in [-0.1, -0.05) is 25.1 Å². The molecule has 0 spiro atoms.